The number of aromatic amines is 1. The van der Waals surface area contributed by atoms with Gasteiger partial charge in [-0.25, -0.2) is 5.43 Å². The third-order valence-electron chi connectivity index (χ3n) is 3.69. The van der Waals surface area contributed by atoms with Crippen molar-refractivity contribution in [3.05, 3.63) is 64.7 Å². The average molecular weight is 365 g/mol. The molecule has 3 N–H and O–H groups in total. The van der Waals surface area contributed by atoms with Crippen LogP contribution in [0.25, 0.3) is 11.3 Å². The Balaban J connectivity index is 1.70. The zero-order valence-electron chi connectivity index (χ0n) is 14.2. The van der Waals surface area contributed by atoms with Gasteiger partial charge in [0.2, 0.25) is 0 Å². The van der Waals surface area contributed by atoms with Crippen molar-refractivity contribution >= 4 is 17.8 Å². The van der Waals surface area contributed by atoms with Gasteiger partial charge < -0.3 is 9.84 Å². The van der Waals surface area contributed by atoms with E-state index in [2.05, 4.69) is 25.9 Å². The van der Waals surface area contributed by atoms with E-state index in [1.807, 2.05) is 0 Å². The number of para-hydroxylation sites is 1. The van der Waals surface area contributed by atoms with Crippen LogP contribution in [-0.2, 0) is 0 Å². The second kappa shape index (κ2) is 7.91. The Morgan fingerprint density at radius 2 is 2.07 bits per heavy atom. The highest BCUT2D eigenvalue weighted by atomic mass is 16.5. The number of hydrazone groups is 1. The highest BCUT2D eigenvalue weighted by molar-refractivity contribution is 5.94. The molecule has 2 aromatic carbocycles. The van der Waals surface area contributed by atoms with Crippen molar-refractivity contribution in [2.45, 2.75) is 0 Å². The molecule has 0 fully saturated rings. The molecule has 0 saturated heterocycles. The van der Waals surface area contributed by atoms with Crippen LogP contribution in [0.4, 0.5) is 5.69 Å². The molecule has 3 rings (SSSR count). The number of nitroso groups, excluding NO2 is 1. The van der Waals surface area contributed by atoms with Crippen molar-refractivity contribution in [2.75, 3.05) is 7.11 Å². The topological polar surface area (TPSA) is 129 Å². The minimum Gasteiger partial charge on any atom is -0.504 e. The number of aromatic hydroxyl groups is 1. The van der Waals surface area contributed by atoms with Gasteiger partial charge in [-0.2, -0.15) is 10.2 Å². The lowest BCUT2D eigenvalue weighted by atomic mass is 10.1. The number of hydrogen-bond donors (Lipinski definition) is 3. The number of phenols is 1. The maximum atomic E-state index is 12.2. The fourth-order valence-electron chi connectivity index (χ4n) is 2.34. The lowest BCUT2D eigenvalue weighted by Crippen LogP contribution is -2.18. The maximum absolute atomic E-state index is 12.2. The summed E-state index contributed by atoms with van der Waals surface area (Å²) in [5.74, 6) is -0.293. The van der Waals surface area contributed by atoms with Crippen molar-refractivity contribution in [1.82, 2.24) is 15.6 Å². The number of rotatable bonds is 6. The molecule has 0 spiro atoms. The van der Waals surface area contributed by atoms with E-state index in [-0.39, 0.29) is 17.1 Å². The predicted octanol–water partition coefficient (Wildman–Crippen LogP) is 2.95. The molecule has 9 heteroatoms. The highest BCUT2D eigenvalue weighted by Crippen LogP contribution is 2.28. The summed E-state index contributed by atoms with van der Waals surface area (Å²) >= 11 is 0. The number of H-pyrrole nitrogens is 1. The molecule has 0 radical (unpaired) electrons. The van der Waals surface area contributed by atoms with E-state index in [0.29, 0.717) is 22.6 Å². The lowest BCUT2D eigenvalue weighted by Gasteiger charge is -2.04. The number of benzene rings is 2. The number of phenolic OH excluding ortho intramolecular Hbond substituents is 1. The number of ether oxygens (including phenoxy) is 1. The summed E-state index contributed by atoms with van der Waals surface area (Å²) in [5.41, 5.74) is 4.31. The predicted molar refractivity (Wildman–Crippen MR) is 99.2 cm³/mol. The second-order valence-electron chi connectivity index (χ2n) is 5.41. The molecule has 0 atom stereocenters. The quantitative estimate of drug-likeness (QED) is 0.351. The van der Waals surface area contributed by atoms with E-state index in [0.717, 1.165) is 0 Å². The van der Waals surface area contributed by atoms with Crippen molar-refractivity contribution in [3.8, 4) is 22.8 Å². The van der Waals surface area contributed by atoms with Gasteiger partial charge in [0.15, 0.2) is 11.5 Å². The van der Waals surface area contributed by atoms with Gasteiger partial charge in [-0.05, 0) is 35.5 Å². The van der Waals surface area contributed by atoms with Gasteiger partial charge in [0.1, 0.15) is 11.4 Å². The van der Waals surface area contributed by atoms with E-state index in [1.54, 1.807) is 42.5 Å². The normalized spacial score (nSPS) is 10.7. The van der Waals surface area contributed by atoms with Crippen LogP contribution in [0, 0.1) is 4.91 Å². The fourth-order valence-corrected chi connectivity index (χ4v) is 2.34. The molecule has 136 valence electrons. The first-order valence-corrected chi connectivity index (χ1v) is 7.81. The van der Waals surface area contributed by atoms with Crippen LogP contribution in [0.15, 0.2) is 58.8 Å². The van der Waals surface area contributed by atoms with Gasteiger partial charge in [0.05, 0.1) is 19.0 Å². The van der Waals surface area contributed by atoms with Crippen LogP contribution in [0.3, 0.4) is 0 Å². The first kappa shape index (κ1) is 17.8. The van der Waals surface area contributed by atoms with Crippen molar-refractivity contribution in [1.29, 1.82) is 0 Å². The number of amides is 1. The van der Waals surface area contributed by atoms with Gasteiger partial charge >= 0.3 is 0 Å². The number of nitrogens with zero attached hydrogens (tertiary/aromatic N) is 3. The number of nitrogens with one attached hydrogen (secondary N) is 2. The van der Waals surface area contributed by atoms with Gasteiger partial charge in [-0.3, -0.25) is 9.89 Å². The Kier molecular flexibility index (Phi) is 5.22. The highest BCUT2D eigenvalue weighted by Gasteiger charge is 2.11. The van der Waals surface area contributed by atoms with Crippen LogP contribution < -0.4 is 10.2 Å². The summed E-state index contributed by atoms with van der Waals surface area (Å²) in [6.45, 7) is 0. The van der Waals surface area contributed by atoms with Gasteiger partial charge in [0.25, 0.3) is 5.91 Å². The monoisotopic (exact) mass is 365 g/mol. The zero-order chi connectivity index (χ0) is 19.2. The third-order valence-corrected chi connectivity index (χ3v) is 3.69. The van der Waals surface area contributed by atoms with Crippen LogP contribution in [-0.4, -0.2) is 34.5 Å². The summed E-state index contributed by atoms with van der Waals surface area (Å²) in [7, 11) is 1.44. The van der Waals surface area contributed by atoms with E-state index in [9.17, 15) is 14.8 Å². The van der Waals surface area contributed by atoms with Gasteiger partial charge in [-0.1, -0.05) is 18.2 Å². The third kappa shape index (κ3) is 3.98. The molecule has 0 aliphatic carbocycles. The van der Waals surface area contributed by atoms with Crippen LogP contribution in [0.2, 0.25) is 0 Å². The molecule has 9 nitrogen and oxygen atoms in total. The standard InChI is InChI=1S/C18H15N5O4/c1-27-16-7-3-5-12(17(16)24)10-19-22-18(25)15-9-14(20-21-15)11-4-2-6-13(8-11)23-26/h2-10,24H,1H3,(H,20,21)(H,22,25)/b19-10+. The molecule has 0 aliphatic heterocycles. The summed E-state index contributed by atoms with van der Waals surface area (Å²) in [4.78, 5) is 22.8. The van der Waals surface area contributed by atoms with Crippen LogP contribution >= 0.6 is 0 Å². The Morgan fingerprint density at radius 1 is 1.26 bits per heavy atom. The number of methoxy groups -OCH3 is 1. The fraction of sp³-hybridized carbons (Fsp3) is 0.0556. The SMILES string of the molecule is COc1cccc(/C=N/NC(=O)c2cc(-c3cccc(N=O)c3)n[nH]2)c1O. The Morgan fingerprint density at radius 3 is 2.85 bits per heavy atom. The van der Waals surface area contributed by atoms with Crippen LogP contribution in [0.1, 0.15) is 16.1 Å². The molecule has 1 heterocycles. The molecule has 3 aromatic rings. The van der Waals surface area contributed by atoms with Crippen molar-refractivity contribution in [3.63, 3.8) is 0 Å². The second-order valence-corrected chi connectivity index (χ2v) is 5.41. The summed E-state index contributed by atoms with van der Waals surface area (Å²) in [6.07, 6.45) is 1.30. The van der Waals surface area contributed by atoms with E-state index >= 15 is 0 Å². The molecule has 1 aromatic heterocycles. The number of carbonyl (C=O) groups is 1. The first-order chi connectivity index (χ1) is 13.1. The molecular formula is C18H15N5O4. The van der Waals surface area contributed by atoms with Crippen LogP contribution in [0.5, 0.6) is 11.5 Å². The van der Waals surface area contributed by atoms with E-state index in [1.165, 1.54) is 19.4 Å². The maximum Gasteiger partial charge on any atom is 0.289 e. The molecule has 0 aliphatic rings. The molecule has 27 heavy (non-hydrogen) atoms. The van der Waals surface area contributed by atoms with Crippen molar-refractivity contribution < 1.29 is 14.6 Å². The zero-order valence-corrected chi connectivity index (χ0v) is 14.2. The molecule has 0 unspecified atom stereocenters. The minimum atomic E-state index is -0.517. The largest absolute Gasteiger partial charge is 0.504 e. The molecule has 0 saturated carbocycles. The number of aromatic nitrogens is 2. The number of carbonyl (C=O) groups excluding carboxylic acids is 1. The van der Waals surface area contributed by atoms with E-state index in [4.69, 9.17) is 4.74 Å². The number of hydrogen-bond acceptors (Lipinski definition) is 7. The smallest absolute Gasteiger partial charge is 0.289 e. The Hall–Kier alpha value is -4.01. The first-order valence-electron chi connectivity index (χ1n) is 7.81. The molecular weight excluding hydrogens is 350 g/mol. The minimum absolute atomic E-state index is 0.0782. The van der Waals surface area contributed by atoms with Crippen molar-refractivity contribution in [2.24, 2.45) is 10.3 Å². The van der Waals surface area contributed by atoms with Gasteiger partial charge in [0, 0.05) is 11.1 Å². The summed E-state index contributed by atoms with van der Waals surface area (Å²) in [6, 6.07) is 13.0. The molecule has 1 amide bonds. The van der Waals surface area contributed by atoms with E-state index < -0.39 is 5.91 Å². The lowest BCUT2D eigenvalue weighted by molar-refractivity contribution is 0.0950. The average Bonchev–Trinajstić information content (AvgIpc) is 3.19. The molecule has 0 bridgehead atoms. The van der Waals surface area contributed by atoms with Gasteiger partial charge in [-0.15, -0.1) is 4.91 Å². The summed E-state index contributed by atoms with van der Waals surface area (Å²) in [5, 5.41) is 23.3. The Bertz CT molecular complexity index is 1010. The Labute approximate surface area is 153 Å². The summed E-state index contributed by atoms with van der Waals surface area (Å²) < 4.78 is 5.01.